The van der Waals surface area contributed by atoms with Gasteiger partial charge in [-0.15, -0.1) is 0 Å². The highest BCUT2D eigenvalue weighted by Gasteiger charge is 2.45. The largest absolute Gasteiger partial charge is 0.504 e. The molecular formula is C11H14O3. The molecule has 2 N–H and O–H groups in total. The molecule has 14 heavy (non-hydrogen) atoms. The average molecular weight is 194 g/mol. The van der Waals surface area contributed by atoms with Gasteiger partial charge in [0.05, 0.1) is 13.7 Å². The monoisotopic (exact) mass is 194 g/mol. The third-order valence-electron chi connectivity index (χ3n) is 2.95. The van der Waals surface area contributed by atoms with Gasteiger partial charge in [0.15, 0.2) is 11.5 Å². The molecule has 0 spiro atoms. The molecule has 3 nitrogen and oxygen atoms in total. The first kappa shape index (κ1) is 9.34. The van der Waals surface area contributed by atoms with Gasteiger partial charge < -0.3 is 14.9 Å². The van der Waals surface area contributed by atoms with E-state index in [-0.39, 0.29) is 17.8 Å². The molecule has 1 aromatic carbocycles. The normalized spacial score (nSPS) is 17.9. The minimum atomic E-state index is -0.210. The van der Waals surface area contributed by atoms with Crippen molar-refractivity contribution in [3.8, 4) is 11.5 Å². The summed E-state index contributed by atoms with van der Waals surface area (Å²) in [5, 5.41) is 19.1. The summed E-state index contributed by atoms with van der Waals surface area (Å²) in [6.07, 6.45) is 1.87. The van der Waals surface area contributed by atoms with E-state index in [9.17, 15) is 10.2 Å². The van der Waals surface area contributed by atoms with Crippen molar-refractivity contribution >= 4 is 0 Å². The van der Waals surface area contributed by atoms with Crippen LogP contribution in [0.3, 0.4) is 0 Å². The topological polar surface area (TPSA) is 49.7 Å². The van der Waals surface area contributed by atoms with Gasteiger partial charge in [-0.1, -0.05) is 12.1 Å². The Hall–Kier alpha value is -1.22. The fourth-order valence-corrected chi connectivity index (χ4v) is 1.78. The number of aliphatic hydroxyl groups excluding tert-OH is 1. The van der Waals surface area contributed by atoms with Gasteiger partial charge in [0.2, 0.25) is 0 Å². The fourth-order valence-electron chi connectivity index (χ4n) is 1.78. The van der Waals surface area contributed by atoms with Crippen LogP contribution >= 0.6 is 0 Å². The summed E-state index contributed by atoms with van der Waals surface area (Å²) in [5.41, 5.74) is 0.595. The van der Waals surface area contributed by atoms with Crippen LogP contribution in [0.2, 0.25) is 0 Å². The maximum Gasteiger partial charge on any atom is 0.161 e. The van der Waals surface area contributed by atoms with Gasteiger partial charge in [-0.2, -0.15) is 0 Å². The van der Waals surface area contributed by atoms with Crippen LogP contribution in [0.4, 0.5) is 0 Å². The van der Waals surface area contributed by atoms with Crippen LogP contribution in [0.1, 0.15) is 18.4 Å². The van der Waals surface area contributed by atoms with Crippen molar-refractivity contribution in [3.63, 3.8) is 0 Å². The Balaban J connectivity index is 2.43. The van der Waals surface area contributed by atoms with Crippen LogP contribution in [-0.2, 0) is 5.41 Å². The summed E-state index contributed by atoms with van der Waals surface area (Å²) < 4.78 is 5.02. The molecule has 0 heterocycles. The summed E-state index contributed by atoms with van der Waals surface area (Å²) in [4.78, 5) is 0. The van der Waals surface area contributed by atoms with Crippen molar-refractivity contribution in [2.24, 2.45) is 0 Å². The second-order valence-electron chi connectivity index (χ2n) is 3.79. The number of ether oxygens (including phenoxy) is 1. The van der Waals surface area contributed by atoms with E-state index in [0.29, 0.717) is 5.75 Å². The lowest BCUT2D eigenvalue weighted by molar-refractivity contribution is 0.251. The van der Waals surface area contributed by atoms with Crippen LogP contribution in [0.25, 0.3) is 0 Å². The number of phenolic OH excluding ortho intramolecular Hbond substituents is 1. The minimum Gasteiger partial charge on any atom is -0.504 e. The first-order chi connectivity index (χ1) is 6.73. The third-order valence-corrected chi connectivity index (χ3v) is 2.95. The molecule has 1 aromatic rings. The molecule has 0 saturated heterocycles. The molecule has 0 amide bonds. The van der Waals surface area contributed by atoms with Crippen molar-refractivity contribution in [2.75, 3.05) is 13.7 Å². The Morgan fingerprint density at radius 3 is 2.64 bits per heavy atom. The van der Waals surface area contributed by atoms with Crippen molar-refractivity contribution in [3.05, 3.63) is 23.8 Å². The van der Waals surface area contributed by atoms with Crippen LogP contribution in [-0.4, -0.2) is 23.9 Å². The minimum absolute atomic E-state index is 0.0910. The summed E-state index contributed by atoms with van der Waals surface area (Å²) in [6.45, 7) is 0.0910. The zero-order valence-electron chi connectivity index (χ0n) is 8.16. The highest BCUT2D eigenvalue weighted by Crippen LogP contribution is 2.52. The molecule has 1 aliphatic carbocycles. The van der Waals surface area contributed by atoms with Gasteiger partial charge in [0.25, 0.3) is 0 Å². The summed E-state index contributed by atoms with van der Waals surface area (Å²) in [5.74, 6) is 0.642. The molecule has 76 valence electrons. The number of rotatable bonds is 3. The molecule has 1 fully saturated rings. The predicted molar refractivity (Wildman–Crippen MR) is 52.7 cm³/mol. The van der Waals surface area contributed by atoms with Crippen molar-refractivity contribution in [1.29, 1.82) is 0 Å². The van der Waals surface area contributed by atoms with Gasteiger partial charge >= 0.3 is 0 Å². The third kappa shape index (κ3) is 1.24. The Morgan fingerprint density at radius 2 is 2.14 bits per heavy atom. The molecule has 3 heteroatoms. The molecule has 0 aromatic heterocycles. The summed E-state index contributed by atoms with van der Waals surface area (Å²) in [7, 11) is 1.53. The van der Waals surface area contributed by atoms with Gasteiger partial charge in [-0.25, -0.2) is 0 Å². The second kappa shape index (κ2) is 3.17. The summed E-state index contributed by atoms with van der Waals surface area (Å²) >= 11 is 0. The average Bonchev–Trinajstić information content (AvgIpc) is 2.99. The maximum atomic E-state index is 9.86. The van der Waals surface area contributed by atoms with Gasteiger partial charge in [-0.3, -0.25) is 0 Å². The van der Waals surface area contributed by atoms with Crippen LogP contribution < -0.4 is 4.74 Å². The second-order valence-corrected chi connectivity index (χ2v) is 3.79. The first-order valence-electron chi connectivity index (χ1n) is 4.71. The van der Waals surface area contributed by atoms with Gasteiger partial charge in [-0.05, 0) is 18.9 Å². The lowest BCUT2D eigenvalue weighted by Crippen LogP contribution is -2.12. The SMILES string of the molecule is COc1cccc(C2(CO)CC2)c1O. The van der Waals surface area contributed by atoms with E-state index >= 15 is 0 Å². The molecule has 2 rings (SSSR count). The number of para-hydroxylation sites is 1. The van der Waals surface area contributed by atoms with Crippen LogP contribution in [0.15, 0.2) is 18.2 Å². The number of aromatic hydroxyl groups is 1. The molecule has 0 aliphatic heterocycles. The maximum absolute atomic E-state index is 9.86. The molecular weight excluding hydrogens is 180 g/mol. The van der Waals surface area contributed by atoms with E-state index in [1.165, 1.54) is 7.11 Å². The van der Waals surface area contributed by atoms with E-state index in [1.807, 2.05) is 12.1 Å². The number of aliphatic hydroxyl groups is 1. The lowest BCUT2D eigenvalue weighted by atomic mass is 9.96. The van der Waals surface area contributed by atoms with Crippen molar-refractivity contribution < 1.29 is 14.9 Å². The Kier molecular flexibility index (Phi) is 2.11. The molecule has 0 atom stereocenters. The van der Waals surface area contributed by atoms with Gasteiger partial charge in [0.1, 0.15) is 0 Å². The Morgan fingerprint density at radius 1 is 1.43 bits per heavy atom. The zero-order valence-corrected chi connectivity index (χ0v) is 8.16. The number of benzene rings is 1. The Bertz CT molecular complexity index is 342. The van der Waals surface area contributed by atoms with E-state index < -0.39 is 0 Å². The number of hydrogen-bond donors (Lipinski definition) is 2. The van der Waals surface area contributed by atoms with Crippen molar-refractivity contribution in [2.45, 2.75) is 18.3 Å². The van der Waals surface area contributed by atoms with Crippen LogP contribution in [0.5, 0.6) is 11.5 Å². The molecule has 0 radical (unpaired) electrons. The van der Waals surface area contributed by atoms with E-state index in [1.54, 1.807) is 6.07 Å². The number of methoxy groups -OCH3 is 1. The summed E-state index contributed by atoms with van der Waals surface area (Å²) in [6, 6.07) is 5.40. The number of phenols is 1. The smallest absolute Gasteiger partial charge is 0.161 e. The first-order valence-corrected chi connectivity index (χ1v) is 4.71. The highest BCUT2D eigenvalue weighted by atomic mass is 16.5. The molecule has 1 aliphatic rings. The molecule has 1 saturated carbocycles. The lowest BCUT2D eigenvalue weighted by Gasteiger charge is -2.15. The molecule has 0 bridgehead atoms. The quantitative estimate of drug-likeness (QED) is 0.765. The predicted octanol–water partition coefficient (Wildman–Crippen LogP) is 1.42. The highest BCUT2D eigenvalue weighted by molar-refractivity contribution is 5.51. The zero-order chi connectivity index (χ0) is 10.2. The Labute approximate surface area is 83.0 Å². The van der Waals surface area contributed by atoms with Crippen LogP contribution in [0, 0.1) is 0 Å². The van der Waals surface area contributed by atoms with E-state index in [2.05, 4.69) is 0 Å². The van der Waals surface area contributed by atoms with E-state index in [4.69, 9.17) is 4.74 Å². The molecule has 0 unspecified atom stereocenters. The van der Waals surface area contributed by atoms with Crippen molar-refractivity contribution in [1.82, 2.24) is 0 Å². The standard InChI is InChI=1S/C11H14O3/c1-14-9-4-2-3-8(10(9)13)11(7-12)5-6-11/h2-4,12-13H,5-7H2,1H3. The fraction of sp³-hybridized carbons (Fsp3) is 0.455. The van der Waals surface area contributed by atoms with Gasteiger partial charge in [0, 0.05) is 11.0 Å². The number of hydrogen-bond acceptors (Lipinski definition) is 3. The van der Waals surface area contributed by atoms with E-state index in [0.717, 1.165) is 18.4 Å².